The number of amides is 3. The van der Waals surface area contributed by atoms with Crippen LogP contribution in [0.5, 0.6) is 5.75 Å². The van der Waals surface area contributed by atoms with E-state index in [2.05, 4.69) is 10.6 Å². The summed E-state index contributed by atoms with van der Waals surface area (Å²) in [7, 11) is 1.64. The number of ether oxygens (including phenoxy) is 1. The van der Waals surface area contributed by atoms with E-state index in [-0.39, 0.29) is 30.8 Å². The number of nitrogens with zero attached hydrogens (tertiary/aromatic N) is 1. The molecular weight excluding hydrogens is 713 g/mol. The molecule has 0 aromatic heterocycles. The summed E-state index contributed by atoms with van der Waals surface area (Å²) in [6.07, 6.45) is -1.07. The number of carboxylic acid groups (broad SMARTS) is 1. The maximum atomic E-state index is 13.7. The van der Waals surface area contributed by atoms with Gasteiger partial charge in [-0.05, 0) is 70.3 Å². The van der Waals surface area contributed by atoms with E-state index in [0.717, 1.165) is 33.6 Å². The maximum Gasteiger partial charge on any atom is 0.490 e. The second kappa shape index (κ2) is 19.9. The monoisotopic (exact) mass is 752 g/mol. The van der Waals surface area contributed by atoms with Gasteiger partial charge in [-0.3, -0.25) is 14.4 Å². The third-order valence-electron chi connectivity index (χ3n) is 7.98. The number of hydrogen-bond donors (Lipinski definition) is 4. The van der Waals surface area contributed by atoms with Gasteiger partial charge in [0.05, 0.1) is 20.2 Å². The highest BCUT2D eigenvalue weighted by atomic mass is 19.4. The van der Waals surface area contributed by atoms with Crippen LogP contribution in [0.2, 0.25) is 0 Å². The third kappa shape index (κ3) is 12.4. The van der Waals surface area contributed by atoms with Crippen LogP contribution in [0.15, 0.2) is 127 Å². The summed E-state index contributed by atoms with van der Waals surface area (Å²) in [5.41, 5.74) is 11.9. The number of carboxylic acids is 1. The lowest BCUT2D eigenvalue weighted by Gasteiger charge is -2.24. The average Bonchev–Trinajstić information content (AvgIpc) is 3.21. The molecule has 0 unspecified atom stereocenters. The molecule has 55 heavy (non-hydrogen) atoms. The Morgan fingerprint density at radius 1 is 0.745 bits per heavy atom. The van der Waals surface area contributed by atoms with E-state index in [4.69, 9.17) is 20.4 Å². The largest absolute Gasteiger partial charge is 0.497 e. The number of carbonyl (C=O) groups excluding carboxylic acids is 3. The molecule has 0 aliphatic carbocycles. The molecule has 10 nitrogen and oxygen atoms in total. The summed E-state index contributed by atoms with van der Waals surface area (Å²) in [5, 5.41) is 12.7. The summed E-state index contributed by atoms with van der Waals surface area (Å²) in [6.45, 7) is 0.856. The summed E-state index contributed by atoms with van der Waals surface area (Å²) in [4.78, 5) is 49.7. The Labute approximate surface area is 316 Å². The number of hydrogen-bond acceptors (Lipinski definition) is 6. The number of benzene rings is 5. The standard InChI is InChI=1S/C40H38N4O4.C2HF3O2/c1-48-35-23-17-30(18-24-35)12-11-29-15-21-34(22-16-29)44(38(45)27-43-39(46)33-7-3-2-4-8-33)28-31-13-19-32(20-14-31)36-9-5-6-10-37(36)40(47)42-26-25-41;3-2(4,5)1(6)7/h2-24H,25-28,41H2,1H3,(H,42,47)(H,43,46);(H,6,7). The molecule has 0 radical (unpaired) electrons. The Morgan fingerprint density at radius 3 is 1.87 bits per heavy atom. The van der Waals surface area contributed by atoms with Crippen LogP contribution < -0.4 is 26.0 Å². The van der Waals surface area contributed by atoms with E-state index in [1.807, 2.05) is 109 Å². The fraction of sp³-hybridized carbons (Fsp3) is 0.143. The molecule has 5 rings (SSSR count). The van der Waals surface area contributed by atoms with Crippen LogP contribution >= 0.6 is 0 Å². The zero-order valence-electron chi connectivity index (χ0n) is 29.8. The van der Waals surface area contributed by atoms with Crippen LogP contribution in [0.1, 0.15) is 37.4 Å². The first kappa shape index (κ1) is 41.0. The Morgan fingerprint density at radius 2 is 1.31 bits per heavy atom. The van der Waals surface area contributed by atoms with Crippen LogP contribution in [0, 0.1) is 0 Å². The van der Waals surface area contributed by atoms with Crippen molar-refractivity contribution in [3.63, 3.8) is 0 Å². The Kier molecular flexibility index (Phi) is 14.9. The topological polar surface area (TPSA) is 151 Å². The van der Waals surface area contributed by atoms with Crippen molar-refractivity contribution in [3.8, 4) is 16.9 Å². The molecule has 0 saturated carbocycles. The van der Waals surface area contributed by atoms with Crippen molar-refractivity contribution in [3.05, 3.63) is 155 Å². The molecule has 0 spiro atoms. The van der Waals surface area contributed by atoms with E-state index in [1.54, 1.807) is 42.3 Å². The second-order valence-electron chi connectivity index (χ2n) is 11.8. The highest BCUT2D eigenvalue weighted by Gasteiger charge is 2.38. The molecule has 0 aliphatic heterocycles. The van der Waals surface area contributed by atoms with Crippen molar-refractivity contribution in [2.75, 3.05) is 31.6 Å². The van der Waals surface area contributed by atoms with Crippen molar-refractivity contribution in [2.45, 2.75) is 12.7 Å². The molecule has 284 valence electrons. The zero-order valence-corrected chi connectivity index (χ0v) is 29.8. The Hall–Kier alpha value is -6.73. The number of methoxy groups -OCH3 is 1. The lowest BCUT2D eigenvalue weighted by atomic mass is 9.98. The number of carbonyl (C=O) groups is 4. The van der Waals surface area contributed by atoms with Crippen molar-refractivity contribution >= 4 is 41.5 Å². The maximum absolute atomic E-state index is 13.7. The molecule has 5 aromatic carbocycles. The molecule has 13 heteroatoms. The first-order valence-corrected chi connectivity index (χ1v) is 16.9. The van der Waals surface area contributed by atoms with Crippen molar-refractivity contribution in [1.29, 1.82) is 0 Å². The minimum atomic E-state index is -5.08. The number of nitrogens with two attached hydrogens (primary N) is 1. The van der Waals surface area contributed by atoms with Gasteiger partial charge in [-0.15, -0.1) is 0 Å². The molecule has 0 bridgehead atoms. The lowest BCUT2D eigenvalue weighted by molar-refractivity contribution is -0.192. The zero-order chi connectivity index (χ0) is 39.8. The SMILES string of the molecule is COc1ccc(C=Cc2ccc(N(Cc3ccc(-c4ccccc4C(=O)NCCN)cc3)C(=O)CNC(=O)c3ccccc3)cc2)cc1.O=C(O)C(F)(F)F. The summed E-state index contributed by atoms with van der Waals surface area (Å²) >= 11 is 0. The normalized spacial score (nSPS) is 10.9. The van der Waals surface area contributed by atoms with E-state index in [9.17, 15) is 27.6 Å². The first-order valence-electron chi connectivity index (χ1n) is 16.9. The predicted molar refractivity (Wildman–Crippen MR) is 205 cm³/mol. The summed E-state index contributed by atoms with van der Waals surface area (Å²) in [6, 6.07) is 39.5. The number of anilines is 1. The van der Waals surface area contributed by atoms with Crippen LogP contribution in [-0.4, -0.2) is 61.7 Å². The van der Waals surface area contributed by atoms with Gasteiger partial charge >= 0.3 is 12.1 Å². The van der Waals surface area contributed by atoms with Crippen LogP contribution in [0.4, 0.5) is 18.9 Å². The Bertz CT molecular complexity index is 2070. The number of halogens is 3. The second-order valence-corrected chi connectivity index (χ2v) is 11.8. The first-order chi connectivity index (χ1) is 26.4. The quantitative estimate of drug-likeness (QED) is 0.0965. The van der Waals surface area contributed by atoms with Gasteiger partial charge in [0, 0.05) is 29.9 Å². The van der Waals surface area contributed by atoms with Crippen LogP contribution in [-0.2, 0) is 16.1 Å². The fourth-order valence-electron chi connectivity index (χ4n) is 5.13. The van der Waals surface area contributed by atoms with Crippen LogP contribution in [0.3, 0.4) is 0 Å². The third-order valence-corrected chi connectivity index (χ3v) is 7.98. The number of rotatable bonds is 13. The van der Waals surface area contributed by atoms with Gasteiger partial charge < -0.3 is 31.1 Å². The summed E-state index contributed by atoms with van der Waals surface area (Å²) < 4.78 is 37.0. The van der Waals surface area contributed by atoms with E-state index >= 15 is 0 Å². The minimum Gasteiger partial charge on any atom is -0.497 e. The van der Waals surface area contributed by atoms with Crippen molar-refractivity contribution < 1.29 is 42.2 Å². The van der Waals surface area contributed by atoms with Gasteiger partial charge in [-0.1, -0.05) is 97.1 Å². The summed E-state index contributed by atoms with van der Waals surface area (Å²) in [5.74, 6) is -2.72. The van der Waals surface area contributed by atoms with Crippen LogP contribution in [0.25, 0.3) is 23.3 Å². The van der Waals surface area contributed by atoms with Gasteiger partial charge in [0.2, 0.25) is 5.91 Å². The molecule has 0 heterocycles. The molecule has 0 fully saturated rings. The van der Waals surface area contributed by atoms with Crippen molar-refractivity contribution in [1.82, 2.24) is 10.6 Å². The molecule has 0 aliphatic rings. The molecular formula is C42H39F3N4O6. The van der Waals surface area contributed by atoms with E-state index < -0.39 is 12.1 Å². The van der Waals surface area contributed by atoms with Crippen molar-refractivity contribution in [2.24, 2.45) is 5.73 Å². The van der Waals surface area contributed by atoms with Gasteiger partial charge in [0.15, 0.2) is 0 Å². The lowest BCUT2D eigenvalue weighted by Crippen LogP contribution is -2.40. The molecule has 5 N–H and O–H groups in total. The number of aliphatic carboxylic acids is 1. The van der Waals surface area contributed by atoms with Gasteiger partial charge in [0.25, 0.3) is 11.8 Å². The highest BCUT2D eigenvalue weighted by Crippen LogP contribution is 2.26. The Balaban J connectivity index is 0.000000876. The smallest absolute Gasteiger partial charge is 0.490 e. The minimum absolute atomic E-state index is 0.170. The van der Waals surface area contributed by atoms with E-state index in [1.165, 1.54) is 0 Å². The van der Waals surface area contributed by atoms with Gasteiger partial charge in [-0.2, -0.15) is 13.2 Å². The highest BCUT2D eigenvalue weighted by molar-refractivity contribution is 6.01. The molecule has 0 saturated heterocycles. The molecule has 3 amide bonds. The number of nitrogens with one attached hydrogen (secondary N) is 2. The predicted octanol–water partition coefficient (Wildman–Crippen LogP) is 6.82. The molecule has 0 atom stereocenters. The van der Waals surface area contributed by atoms with Gasteiger partial charge in [-0.25, -0.2) is 4.79 Å². The average molecular weight is 753 g/mol. The number of alkyl halides is 3. The molecule has 5 aromatic rings. The van der Waals surface area contributed by atoms with E-state index in [0.29, 0.717) is 29.9 Å². The fourth-order valence-corrected chi connectivity index (χ4v) is 5.13. The van der Waals surface area contributed by atoms with Gasteiger partial charge in [0.1, 0.15) is 5.75 Å².